The van der Waals surface area contributed by atoms with Crippen molar-refractivity contribution in [1.82, 2.24) is 0 Å². The first kappa shape index (κ1) is 16.1. The maximum Gasteiger partial charge on any atom is 0.573 e. The fourth-order valence-electron chi connectivity index (χ4n) is 0.958. The fraction of sp³-hybridized carbons (Fsp3) is 0.222. The Labute approximate surface area is 116 Å². The van der Waals surface area contributed by atoms with E-state index < -0.39 is 29.1 Å². The molecule has 1 rings (SSSR count). The molecule has 2 nitrogen and oxygen atoms in total. The number of rotatable bonds is 2. The summed E-state index contributed by atoms with van der Waals surface area (Å²) >= 11 is 7.75. The summed E-state index contributed by atoms with van der Waals surface area (Å²) < 4.78 is 76.4. The molecule has 106 valence electrons. The van der Waals surface area contributed by atoms with Crippen molar-refractivity contribution in [2.45, 2.75) is 12.5 Å². The summed E-state index contributed by atoms with van der Waals surface area (Å²) in [5, 5.41) is -1.81. The van der Waals surface area contributed by atoms with Crippen molar-refractivity contribution >= 4 is 38.4 Å². The quantitative estimate of drug-likeness (QED) is 0.519. The van der Waals surface area contributed by atoms with Gasteiger partial charge in [0.25, 0.3) is 0 Å². The van der Waals surface area contributed by atoms with Crippen LogP contribution in [0.4, 0.5) is 32.0 Å². The average molecular weight is 370 g/mol. The molecule has 10 heteroatoms. The van der Waals surface area contributed by atoms with Gasteiger partial charge in [0.15, 0.2) is 5.75 Å². The van der Waals surface area contributed by atoms with Crippen LogP contribution in [-0.4, -0.2) is 17.7 Å². The smallest absolute Gasteiger partial charge is 0.403 e. The van der Waals surface area contributed by atoms with E-state index in [2.05, 4.69) is 25.7 Å². The van der Waals surface area contributed by atoms with E-state index in [1.165, 1.54) is 0 Å². The van der Waals surface area contributed by atoms with Gasteiger partial charge in [-0.2, -0.15) is 13.2 Å². The van der Waals surface area contributed by atoms with Crippen LogP contribution < -0.4 is 4.74 Å². The summed E-state index contributed by atoms with van der Waals surface area (Å²) in [5.74, 6) is -0.891. The molecule has 0 unspecified atom stereocenters. The first-order chi connectivity index (χ1) is 8.49. The predicted octanol–water partition coefficient (Wildman–Crippen LogP) is 5.18. The zero-order chi connectivity index (χ0) is 14.8. The molecule has 0 aliphatic rings. The first-order valence-corrected chi connectivity index (χ1v) is 5.53. The third kappa shape index (κ3) is 5.27. The van der Waals surface area contributed by atoms with Gasteiger partial charge in [-0.3, -0.25) is 0 Å². The van der Waals surface area contributed by atoms with E-state index >= 15 is 0 Å². The minimum absolute atomic E-state index is 0.215. The summed E-state index contributed by atoms with van der Waals surface area (Å²) in [6.45, 7) is 0. The van der Waals surface area contributed by atoms with Crippen LogP contribution in [0, 0.1) is 0 Å². The highest BCUT2D eigenvalue weighted by Crippen LogP contribution is 2.36. The lowest BCUT2D eigenvalue weighted by atomic mass is 10.3. The molecule has 0 aromatic heterocycles. The lowest BCUT2D eigenvalue weighted by Crippen LogP contribution is -2.18. The Balaban J connectivity index is 3.22. The van der Waals surface area contributed by atoms with Gasteiger partial charge in [0.1, 0.15) is 5.69 Å². The van der Waals surface area contributed by atoms with Gasteiger partial charge in [-0.1, -0.05) is 27.5 Å². The van der Waals surface area contributed by atoms with Crippen molar-refractivity contribution < 1.29 is 31.1 Å². The highest BCUT2D eigenvalue weighted by molar-refractivity contribution is 9.10. The van der Waals surface area contributed by atoms with Gasteiger partial charge in [0, 0.05) is 4.47 Å². The average Bonchev–Trinajstić information content (AvgIpc) is 2.19. The molecule has 0 bridgehead atoms. The molecule has 0 aliphatic carbocycles. The number of benzene rings is 1. The third-order valence-electron chi connectivity index (χ3n) is 1.60. The molecule has 19 heavy (non-hydrogen) atoms. The first-order valence-electron chi connectivity index (χ1n) is 4.36. The van der Waals surface area contributed by atoms with Crippen LogP contribution in [0.2, 0.25) is 0 Å². The highest BCUT2D eigenvalue weighted by Gasteiger charge is 2.36. The Morgan fingerprint density at radius 1 is 1.16 bits per heavy atom. The molecule has 0 radical (unpaired) electrons. The third-order valence-corrected chi connectivity index (χ3v) is 2.39. The van der Waals surface area contributed by atoms with Crippen LogP contribution in [0.25, 0.3) is 0 Å². The Morgan fingerprint density at radius 2 is 1.74 bits per heavy atom. The minimum Gasteiger partial charge on any atom is -0.403 e. The summed E-state index contributed by atoms with van der Waals surface area (Å²) in [4.78, 5) is 2.88. The molecule has 1 aromatic carbocycles. The molecule has 0 atom stereocenters. The Kier molecular flexibility index (Phi) is 4.72. The molecule has 1 aromatic rings. The Bertz CT molecular complexity index is 498. The van der Waals surface area contributed by atoms with Crippen LogP contribution in [0.3, 0.4) is 0 Å². The summed E-state index contributed by atoms with van der Waals surface area (Å²) in [7, 11) is 0. The van der Waals surface area contributed by atoms with E-state index in [0.29, 0.717) is 0 Å². The van der Waals surface area contributed by atoms with Crippen molar-refractivity contribution in [1.29, 1.82) is 0 Å². The molecule has 0 fully saturated rings. The molecule has 0 heterocycles. The van der Waals surface area contributed by atoms with Gasteiger partial charge in [-0.05, 0) is 18.2 Å². The number of nitrogens with zero attached hydrogens (tertiary/aromatic N) is 1. The van der Waals surface area contributed by atoms with Gasteiger partial charge in [0.05, 0.1) is 0 Å². The van der Waals surface area contributed by atoms with Crippen LogP contribution in [0.1, 0.15) is 0 Å². The van der Waals surface area contributed by atoms with Crippen molar-refractivity contribution in [2.75, 3.05) is 0 Å². The standard InChI is InChI=1S/C9H3BrClF6NO/c10-4-1-2-6(19-9(15,16)17)5(3-4)18-7(11)8(12,13)14/h1-3H. The fourth-order valence-corrected chi connectivity index (χ4v) is 1.40. The van der Waals surface area contributed by atoms with Gasteiger partial charge in [-0.25, -0.2) is 4.99 Å². The SMILES string of the molecule is FC(F)(F)Oc1ccc(Br)cc1N=C(Cl)C(F)(F)F. The van der Waals surface area contributed by atoms with Crippen LogP contribution in [0.5, 0.6) is 5.75 Å². The number of halogens is 8. The van der Waals surface area contributed by atoms with E-state index in [1.54, 1.807) is 0 Å². The second-order valence-corrected chi connectivity index (χ2v) is 4.33. The number of aliphatic imine (C=N–C) groups is 1. The van der Waals surface area contributed by atoms with Crippen molar-refractivity contribution in [3.63, 3.8) is 0 Å². The Hall–Kier alpha value is -0.960. The monoisotopic (exact) mass is 369 g/mol. The lowest BCUT2D eigenvalue weighted by Gasteiger charge is -2.12. The Morgan fingerprint density at radius 3 is 2.21 bits per heavy atom. The van der Waals surface area contributed by atoms with Crippen molar-refractivity contribution in [3.05, 3.63) is 22.7 Å². The van der Waals surface area contributed by atoms with E-state index in [0.717, 1.165) is 18.2 Å². The zero-order valence-corrected chi connectivity index (χ0v) is 11.0. The van der Waals surface area contributed by atoms with Crippen molar-refractivity contribution in [3.8, 4) is 5.75 Å². The van der Waals surface area contributed by atoms with E-state index in [9.17, 15) is 26.3 Å². The molecule has 0 saturated carbocycles. The molecule has 0 spiro atoms. The normalized spacial score (nSPS) is 13.6. The number of ether oxygens (including phenoxy) is 1. The summed E-state index contributed by atoms with van der Waals surface area (Å²) in [6.07, 6.45) is -10.0. The lowest BCUT2D eigenvalue weighted by molar-refractivity contribution is -0.274. The second-order valence-electron chi connectivity index (χ2n) is 3.06. The van der Waals surface area contributed by atoms with Crippen LogP contribution in [-0.2, 0) is 0 Å². The minimum atomic E-state index is -5.05. The number of hydrogen-bond acceptors (Lipinski definition) is 2. The number of hydrogen-bond donors (Lipinski definition) is 0. The second kappa shape index (κ2) is 5.58. The molecular formula is C9H3BrClF6NO. The molecule has 0 N–H and O–H groups in total. The molecule has 0 aliphatic heterocycles. The molecular weight excluding hydrogens is 367 g/mol. The van der Waals surface area contributed by atoms with Gasteiger partial charge >= 0.3 is 12.5 Å². The summed E-state index contributed by atoms with van der Waals surface area (Å²) in [5.41, 5.74) is -0.700. The topological polar surface area (TPSA) is 21.6 Å². The van der Waals surface area contributed by atoms with Crippen LogP contribution in [0.15, 0.2) is 27.7 Å². The van der Waals surface area contributed by atoms with E-state index in [4.69, 9.17) is 11.6 Å². The maximum absolute atomic E-state index is 12.2. The summed E-state index contributed by atoms with van der Waals surface area (Å²) in [6, 6.07) is 2.88. The molecule has 0 saturated heterocycles. The van der Waals surface area contributed by atoms with Gasteiger partial charge in [-0.15, -0.1) is 13.2 Å². The maximum atomic E-state index is 12.2. The van der Waals surface area contributed by atoms with Gasteiger partial charge in [0.2, 0.25) is 5.17 Å². The van der Waals surface area contributed by atoms with Crippen LogP contribution >= 0.6 is 27.5 Å². The predicted molar refractivity (Wildman–Crippen MR) is 59.8 cm³/mol. The number of alkyl halides is 6. The van der Waals surface area contributed by atoms with Crippen molar-refractivity contribution in [2.24, 2.45) is 4.99 Å². The highest BCUT2D eigenvalue weighted by atomic mass is 79.9. The van der Waals surface area contributed by atoms with E-state index in [-0.39, 0.29) is 4.47 Å². The van der Waals surface area contributed by atoms with Gasteiger partial charge < -0.3 is 4.74 Å². The molecule has 0 amide bonds. The zero-order valence-electron chi connectivity index (χ0n) is 8.61. The van der Waals surface area contributed by atoms with E-state index in [1.807, 2.05) is 0 Å². The largest absolute Gasteiger partial charge is 0.573 e.